The van der Waals surface area contributed by atoms with E-state index in [1.807, 2.05) is 0 Å². The van der Waals surface area contributed by atoms with Gasteiger partial charge in [0.15, 0.2) is 5.76 Å². The Morgan fingerprint density at radius 2 is 1.89 bits per heavy atom. The van der Waals surface area contributed by atoms with E-state index in [0.717, 1.165) is 19.4 Å². The molecule has 0 aromatic carbocycles. The maximum atomic E-state index is 12.7. The molecule has 0 saturated carbocycles. The van der Waals surface area contributed by atoms with Crippen molar-refractivity contribution in [2.45, 2.75) is 18.9 Å². The van der Waals surface area contributed by atoms with Gasteiger partial charge in [0.1, 0.15) is 6.61 Å². The van der Waals surface area contributed by atoms with Crippen molar-refractivity contribution >= 4 is 11.8 Å². The third-order valence-electron chi connectivity index (χ3n) is 5.01. The quantitative estimate of drug-likeness (QED) is 0.781. The van der Waals surface area contributed by atoms with Crippen LogP contribution >= 0.6 is 0 Å². The highest BCUT2D eigenvalue weighted by Gasteiger charge is 2.26. The van der Waals surface area contributed by atoms with Crippen molar-refractivity contribution in [3.05, 3.63) is 48.0 Å². The fourth-order valence-electron chi connectivity index (χ4n) is 3.40. The van der Waals surface area contributed by atoms with Crippen molar-refractivity contribution in [3.8, 4) is 5.88 Å². The van der Waals surface area contributed by atoms with Gasteiger partial charge in [-0.1, -0.05) is 0 Å². The van der Waals surface area contributed by atoms with Crippen molar-refractivity contribution in [2.75, 3.05) is 39.4 Å². The smallest absolute Gasteiger partial charge is 0.289 e. The van der Waals surface area contributed by atoms with Crippen LogP contribution in [-0.2, 0) is 4.74 Å². The number of nitrogens with zero attached hydrogens (tertiary/aromatic N) is 3. The normalized spacial score (nSPS) is 19.6. The molecule has 8 nitrogen and oxygen atoms in total. The summed E-state index contributed by atoms with van der Waals surface area (Å²) in [4.78, 5) is 32.6. The lowest BCUT2D eigenvalue weighted by molar-refractivity contribution is 0.0517. The number of hydrogen-bond donors (Lipinski definition) is 0. The van der Waals surface area contributed by atoms with E-state index in [1.54, 1.807) is 34.1 Å². The summed E-state index contributed by atoms with van der Waals surface area (Å²) in [6.07, 6.45) is 5.21. The molecule has 0 radical (unpaired) electrons. The molecule has 4 heterocycles. The molecular formula is C20H23N3O5. The Morgan fingerprint density at radius 3 is 2.50 bits per heavy atom. The monoisotopic (exact) mass is 385 g/mol. The minimum atomic E-state index is -0.147. The molecule has 2 fully saturated rings. The van der Waals surface area contributed by atoms with E-state index < -0.39 is 0 Å². The molecule has 2 aromatic heterocycles. The first-order valence-electron chi connectivity index (χ1n) is 9.53. The van der Waals surface area contributed by atoms with Crippen molar-refractivity contribution < 1.29 is 23.5 Å². The van der Waals surface area contributed by atoms with Crippen LogP contribution in [0.5, 0.6) is 5.88 Å². The molecule has 0 bridgehead atoms. The fourth-order valence-corrected chi connectivity index (χ4v) is 3.40. The van der Waals surface area contributed by atoms with E-state index in [0.29, 0.717) is 50.0 Å². The van der Waals surface area contributed by atoms with Crippen LogP contribution in [0.1, 0.15) is 33.8 Å². The van der Waals surface area contributed by atoms with Gasteiger partial charge in [-0.2, -0.15) is 0 Å². The maximum absolute atomic E-state index is 12.7. The van der Waals surface area contributed by atoms with E-state index in [9.17, 15) is 9.59 Å². The van der Waals surface area contributed by atoms with E-state index in [4.69, 9.17) is 13.9 Å². The van der Waals surface area contributed by atoms with Crippen molar-refractivity contribution in [3.63, 3.8) is 0 Å². The summed E-state index contributed by atoms with van der Waals surface area (Å²) in [5.74, 6) is 0.568. The Labute approximate surface area is 163 Å². The molecule has 2 aliphatic heterocycles. The molecule has 0 spiro atoms. The molecule has 1 atom stereocenters. The summed E-state index contributed by atoms with van der Waals surface area (Å²) in [6, 6.07) is 6.77. The van der Waals surface area contributed by atoms with Gasteiger partial charge < -0.3 is 23.7 Å². The predicted molar refractivity (Wildman–Crippen MR) is 99.2 cm³/mol. The number of rotatable bonds is 5. The van der Waals surface area contributed by atoms with Crippen LogP contribution < -0.4 is 4.74 Å². The molecule has 2 aromatic rings. The Kier molecular flexibility index (Phi) is 5.57. The van der Waals surface area contributed by atoms with Crippen LogP contribution in [0.4, 0.5) is 0 Å². The summed E-state index contributed by atoms with van der Waals surface area (Å²) in [6.45, 7) is 3.16. The topological polar surface area (TPSA) is 85.1 Å². The van der Waals surface area contributed by atoms with Crippen LogP contribution in [0, 0.1) is 0 Å². The lowest BCUT2D eigenvalue weighted by atomic mass is 10.2. The number of furan rings is 1. The number of hydrogen-bond acceptors (Lipinski definition) is 6. The largest absolute Gasteiger partial charge is 0.475 e. The summed E-state index contributed by atoms with van der Waals surface area (Å²) in [5, 5.41) is 0. The second kappa shape index (κ2) is 8.43. The van der Waals surface area contributed by atoms with Crippen LogP contribution in [0.2, 0.25) is 0 Å². The number of pyridine rings is 1. The third kappa shape index (κ3) is 4.17. The van der Waals surface area contributed by atoms with Gasteiger partial charge in [-0.3, -0.25) is 9.59 Å². The van der Waals surface area contributed by atoms with E-state index in [2.05, 4.69) is 4.98 Å². The SMILES string of the molecule is O=C(c1ccc(OCC2CCCO2)nc1)N1CCN(C(=O)c2ccco2)CC1. The molecule has 148 valence electrons. The molecule has 4 rings (SSSR count). The Morgan fingerprint density at radius 1 is 1.11 bits per heavy atom. The van der Waals surface area contributed by atoms with Gasteiger partial charge in [0.05, 0.1) is 17.9 Å². The Hall–Kier alpha value is -2.87. The average Bonchev–Trinajstić information content (AvgIpc) is 3.46. The molecule has 1 unspecified atom stereocenters. The highest BCUT2D eigenvalue weighted by molar-refractivity contribution is 5.94. The van der Waals surface area contributed by atoms with Gasteiger partial charge in [-0.15, -0.1) is 0 Å². The van der Waals surface area contributed by atoms with E-state index in [-0.39, 0.29) is 17.9 Å². The molecule has 0 N–H and O–H groups in total. The van der Waals surface area contributed by atoms with E-state index in [1.165, 1.54) is 12.5 Å². The van der Waals surface area contributed by atoms with Crippen LogP contribution in [-0.4, -0.2) is 72.1 Å². The van der Waals surface area contributed by atoms with Gasteiger partial charge >= 0.3 is 0 Å². The van der Waals surface area contributed by atoms with Crippen molar-refractivity contribution in [2.24, 2.45) is 0 Å². The molecule has 2 saturated heterocycles. The first kappa shape index (κ1) is 18.5. The van der Waals surface area contributed by atoms with Gasteiger partial charge in [0, 0.05) is 45.0 Å². The summed E-state index contributed by atoms with van der Waals surface area (Å²) >= 11 is 0. The first-order valence-corrected chi connectivity index (χ1v) is 9.53. The average molecular weight is 385 g/mol. The number of carbonyl (C=O) groups excluding carboxylic acids is 2. The Bertz CT molecular complexity index is 792. The highest BCUT2D eigenvalue weighted by atomic mass is 16.5. The molecule has 2 aliphatic rings. The molecule has 2 amide bonds. The first-order chi connectivity index (χ1) is 13.7. The third-order valence-corrected chi connectivity index (χ3v) is 5.01. The van der Waals surface area contributed by atoms with Gasteiger partial charge in [-0.25, -0.2) is 4.98 Å². The van der Waals surface area contributed by atoms with Gasteiger partial charge in [0.25, 0.3) is 11.8 Å². The number of carbonyl (C=O) groups is 2. The maximum Gasteiger partial charge on any atom is 0.289 e. The number of ether oxygens (including phenoxy) is 2. The number of amides is 2. The number of piperazine rings is 1. The van der Waals surface area contributed by atoms with Crippen molar-refractivity contribution in [1.29, 1.82) is 0 Å². The summed E-state index contributed by atoms with van der Waals surface area (Å²) in [7, 11) is 0. The van der Waals surface area contributed by atoms with Gasteiger partial charge in [-0.05, 0) is 31.0 Å². The molecular weight excluding hydrogens is 362 g/mol. The zero-order chi connectivity index (χ0) is 19.3. The van der Waals surface area contributed by atoms with Crippen molar-refractivity contribution in [1.82, 2.24) is 14.8 Å². The summed E-state index contributed by atoms with van der Waals surface area (Å²) in [5.41, 5.74) is 0.510. The Balaban J connectivity index is 1.28. The minimum absolute atomic E-state index is 0.0942. The fraction of sp³-hybridized carbons (Fsp3) is 0.450. The van der Waals surface area contributed by atoms with Crippen LogP contribution in [0.25, 0.3) is 0 Å². The lowest BCUT2D eigenvalue weighted by Gasteiger charge is -2.34. The van der Waals surface area contributed by atoms with Gasteiger partial charge in [0.2, 0.25) is 5.88 Å². The van der Waals surface area contributed by atoms with Crippen LogP contribution in [0.15, 0.2) is 41.1 Å². The standard InChI is InChI=1S/C20H23N3O5/c24-19(15-5-6-18(21-13-15)28-14-16-3-1-11-26-16)22-7-9-23(10-8-22)20(25)17-4-2-12-27-17/h2,4-6,12-13,16H,1,3,7-11,14H2. The highest BCUT2D eigenvalue weighted by Crippen LogP contribution is 2.16. The number of aromatic nitrogens is 1. The minimum Gasteiger partial charge on any atom is -0.475 e. The zero-order valence-corrected chi connectivity index (χ0v) is 15.6. The second-order valence-corrected chi connectivity index (χ2v) is 6.89. The molecule has 28 heavy (non-hydrogen) atoms. The summed E-state index contributed by atoms with van der Waals surface area (Å²) < 4.78 is 16.3. The molecule has 0 aliphatic carbocycles. The lowest BCUT2D eigenvalue weighted by Crippen LogP contribution is -2.50. The van der Waals surface area contributed by atoms with E-state index >= 15 is 0 Å². The zero-order valence-electron chi connectivity index (χ0n) is 15.6. The molecule has 8 heteroatoms. The predicted octanol–water partition coefficient (Wildman–Crippen LogP) is 1.83. The van der Waals surface area contributed by atoms with Crippen LogP contribution in [0.3, 0.4) is 0 Å². The second-order valence-electron chi connectivity index (χ2n) is 6.89.